The first-order valence-electron chi connectivity index (χ1n) is 9.49. The van der Waals surface area contributed by atoms with Gasteiger partial charge in [0.05, 0.1) is 29.3 Å². The van der Waals surface area contributed by atoms with E-state index in [0.717, 1.165) is 18.5 Å². The molecule has 0 unspecified atom stereocenters. The van der Waals surface area contributed by atoms with Crippen molar-refractivity contribution in [2.45, 2.75) is 6.18 Å². The minimum absolute atomic E-state index is 0.0614. The summed E-state index contributed by atoms with van der Waals surface area (Å²) < 4.78 is 42.3. The minimum atomic E-state index is -4.62. The highest BCUT2D eigenvalue weighted by Crippen LogP contribution is 2.33. The number of nitrogen functional groups attached to an aromatic ring is 1. The van der Waals surface area contributed by atoms with Crippen molar-refractivity contribution in [1.29, 1.82) is 0 Å². The number of nitrogens with zero attached hydrogens (tertiary/aromatic N) is 5. The number of hydrogen-bond donors (Lipinski definition) is 3. The maximum absolute atomic E-state index is 13.2. The number of rotatable bonds is 5. The van der Waals surface area contributed by atoms with Crippen molar-refractivity contribution in [3.8, 4) is 11.4 Å². The van der Waals surface area contributed by atoms with E-state index in [9.17, 15) is 28.0 Å². The van der Waals surface area contributed by atoms with E-state index in [-0.39, 0.29) is 22.9 Å². The standard InChI is InChI=1S/C20H15F3N8O3/c21-20(22,23)12-1-6-16(30-8-7-25-28-30)15(9-12)27-19(33)26-13-2-4-14(5-3-13)29-11-31(34)17(10-32)18(29)24/h1-11H,24H2,(H2,26,27,33). The lowest BCUT2D eigenvalue weighted by atomic mass is 10.1. The van der Waals surface area contributed by atoms with Gasteiger partial charge in [-0.2, -0.15) is 17.7 Å². The van der Waals surface area contributed by atoms with Crippen LogP contribution in [0, 0.1) is 5.21 Å². The molecule has 14 heteroatoms. The molecule has 0 aliphatic rings. The molecule has 2 aromatic heterocycles. The van der Waals surface area contributed by atoms with Crippen LogP contribution in [0.5, 0.6) is 0 Å². The molecular weight excluding hydrogens is 457 g/mol. The van der Waals surface area contributed by atoms with Gasteiger partial charge in [0.15, 0.2) is 6.29 Å². The van der Waals surface area contributed by atoms with E-state index in [1.165, 1.54) is 52.0 Å². The molecule has 0 spiro atoms. The van der Waals surface area contributed by atoms with E-state index in [4.69, 9.17) is 5.73 Å². The summed E-state index contributed by atoms with van der Waals surface area (Å²) in [4.78, 5) is 23.5. The predicted molar refractivity (Wildman–Crippen MR) is 114 cm³/mol. The number of aldehydes is 1. The van der Waals surface area contributed by atoms with Crippen LogP contribution in [-0.2, 0) is 6.18 Å². The number of hydrogen-bond acceptors (Lipinski definition) is 6. The van der Waals surface area contributed by atoms with Gasteiger partial charge in [-0.15, -0.1) is 5.10 Å². The first-order valence-corrected chi connectivity index (χ1v) is 9.49. The molecule has 0 bridgehead atoms. The van der Waals surface area contributed by atoms with Crippen LogP contribution in [-0.4, -0.2) is 31.9 Å². The summed E-state index contributed by atoms with van der Waals surface area (Å²) >= 11 is 0. The molecule has 34 heavy (non-hydrogen) atoms. The molecule has 11 nitrogen and oxygen atoms in total. The Balaban J connectivity index is 1.54. The van der Waals surface area contributed by atoms with Crippen LogP contribution in [0.2, 0.25) is 0 Å². The second-order valence-electron chi connectivity index (χ2n) is 6.90. The third kappa shape index (κ3) is 4.36. The molecule has 0 saturated carbocycles. The number of carbonyl (C=O) groups is 2. The molecule has 0 fully saturated rings. The Kier molecular flexibility index (Phi) is 5.63. The normalized spacial score (nSPS) is 11.3. The first kappa shape index (κ1) is 22.3. The number of aromatic nitrogens is 5. The van der Waals surface area contributed by atoms with Crippen LogP contribution < -0.4 is 21.1 Å². The van der Waals surface area contributed by atoms with Gasteiger partial charge in [0.25, 0.3) is 6.33 Å². The third-order valence-corrected chi connectivity index (χ3v) is 4.74. The van der Waals surface area contributed by atoms with Crippen molar-refractivity contribution < 1.29 is 27.5 Å². The van der Waals surface area contributed by atoms with E-state index < -0.39 is 17.8 Å². The largest absolute Gasteiger partial charge is 0.710 e. The Labute approximate surface area is 188 Å². The van der Waals surface area contributed by atoms with E-state index in [1.54, 1.807) is 0 Å². The number of nitrogens with one attached hydrogen (secondary N) is 2. The SMILES string of the molecule is Nc1c(C=O)[n+]([O-])cn1-c1ccc(NC(=O)Nc2cc(C(F)(F)F)ccc2-n2ccnn2)cc1. The van der Waals surface area contributed by atoms with Crippen LogP contribution in [0.1, 0.15) is 16.1 Å². The van der Waals surface area contributed by atoms with Gasteiger partial charge in [-0.05, 0) is 42.5 Å². The second kappa shape index (κ2) is 8.57. The Bertz CT molecular complexity index is 1350. The fourth-order valence-electron chi connectivity index (χ4n) is 3.12. The molecule has 0 aliphatic heterocycles. The average Bonchev–Trinajstić information content (AvgIpc) is 3.41. The van der Waals surface area contributed by atoms with Crippen molar-refractivity contribution >= 4 is 29.5 Å². The minimum Gasteiger partial charge on any atom is -0.710 e. The van der Waals surface area contributed by atoms with Gasteiger partial charge in [0.1, 0.15) is 5.69 Å². The number of benzene rings is 2. The van der Waals surface area contributed by atoms with Crippen LogP contribution in [0.25, 0.3) is 11.4 Å². The zero-order valence-electron chi connectivity index (χ0n) is 17.0. The van der Waals surface area contributed by atoms with Gasteiger partial charge >= 0.3 is 12.2 Å². The van der Waals surface area contributed by atoms with Gasteiger partial charge in [-0.25, -0.2) is 14.2 Å². The molecule has 0 aliphatic carbocycles. The molecule has 4 aromatic rings. The summed E-state index contributed by atoms with van der Waals surface area (Å²) in [5.74, 6) is -0.0614. The maximum Gasteiger partial charge on any atom is 0.416 e. The summed E-state index contributed by atoms with van der Waals surface area (Å²) in [5, 5.41) is 23.9. The number of halogens is 3. The molecule has 0 radical (unpaired) electrons. The van der Waals surface area contributed by atoms with E-state index in [1.807, 2.05) is 0 Å². The van der Waals surface area contributed by atoms with E-state index in [2.05, 4.69) is 20.9 Å². The summed E-state index contributed by atoms with van der Waals surface area (Å²) in [6.07, 6.45) is -0.449. The predicted octanol–water partition coefficient (Wildman–Crippen LogP) is 2.75. The summed E-state index contributed by atoms with van der Waals surface area (Å²) in [5.41, 5.74) is 5.36. The quantitative estimate of drug-likeness (QED) is 0.231. The van der Waals surface area contributed by atoms with Crippen molar-refractivity contribution in [2.24, 2.45) is 0 Å². The first-order chi connectivity index (χ1) is 16.2. The number of amides is 2. The fraction of sp³-hybridized carbons (Fsp3) is 0.0500. The average molecular weight is 472 g/mol. The van der Waals surface area contributed by atoms with Gasteiger partial charge in [0.2, 0.25) is 11.5 Å². The van der Waals surface area contributed by atoms with Gasteiger partial charge < -0.3 is 21.6 Å². The van der Waals surface area contributed by atoms with E-state index >= 15 is 0 Å². The Morgan fingerprint density at radius 3 is 2.47 bits per heavy atom. The number of nitrogens with two attached hydrogens (primary N) is 1. The monoisotopic (exact) mass is 472 g/mol. The summed E-state index contributed by atoms with van der Waals surface area (Å²) in [7, 11) is 0. The van der Waals surface area contributed by atoms with Crippen molar-refractivity contribution in [3.63, 3.8) is 0 Å². The lowest BCUT2D eigenvalue weighted by Crippen LogP contribution is -2.28. The second-order valence-corrected chi connectivity index (χ2v) is 6.90. The molecule has 2 heterocycles. The maximum atomic E-state index is 13.2. The van der Waals surface area contributed by atoms with Gasteiger partial charge in [-0.3, -0.25) is 4.79 Å². The molecular formula is C20H15F3N8O3. The smallest absolute Gasteiger partial charge is 0.416 e. The van der Waals surface area contributed by atoms with Crippen molar-refractivity contribution in [2.75, 3.05) is 16.4 Å². The Morgan fingerprint density at radius 2 is 1.88 bits per heavy atom. The van der Waals surface area contributed by atoms with Gasteiger partial charge in [0, 0.05) is 5.69 Å². The lowest BCUT2D eigenvalue weighted by Gasteiger charge is -2.15. The van der Waals surface area contributed by atoms with Crippen LogP contribution in [0.3, 0.4) is 0 Å². The molecule has 2 amide bonds. The molecule has 0 saturated heterocycles. The molecule has 174 valence electrons. The molecule has 4 N–H and O–H groups in total. The topological polar surface area (TPSA) is 147 Å². The molecule has 4 rings (SSSR count). The summed E-state index contributed by atoms with van der Waals surface area (Å²) in [6, 6.07) is 8.01. The number of carbonyl (C=O) groups excluding carboxylic acids is 2. The third-order valence-electron chi connectivity index (χ3n) is 4.74. The lowest BCUT2D eigenvalue weighted by molar-refractivity contribution is -0.605. The van der Waals surface area contributed by atoms with Crippen LogP contribution in [0.4, 0.5) is 35.2 Å². The van der Waals surface area contributed by atoms with Gasteiger partial charge in [-0.1, -0.05) is 5.21 Å². The number of imidazole rings is 1. The Morgan fingerprint density at radius 1 is 1.15 bits per heavy atom. The highest BCUT2D eigenvalue weighted by Gasteiger charge is 2.31. The molecule has 2 aromatic carbocycles. The zero-order valence-corrected chi connectivity index (χ0v) is 17.0. The molecule has 0 atom stereocenters. The van der Waals surface area contributed by atoms with Crippen molar-refractivity contribution in [1.82, 2.24) is 19.6 Å². The number of urea groups is 1. The van der Waals surface area contributed by atoms with E-state index in [0.29, 0.717) is 22.4 Å². The Hall–Kier alpha value is -4.88. The highest BCUT2D eigenvalue weighted by molar-refractivity contribution is 6.01. The fourth-order valence-corrected chi connectivity index (χ4v) is 3.12. The van der Waals surface area contributed by atoms with Crippen LogP contribution >= 0.6 is 0 Å². The highest BCUT2D eigenvalue weighted by atomic mass is 19.4. The summed E-state index contributed by atoms with van der Waals surface area (Å²) in [6.45, 7) is 0. The number of alkyl halides is 3. The number of anilines is 3. The zero-order chi connectivity index (χ0) is 24.5. The van der Waals surface area contributed by atoms with Crippen LogP contribution in [0.15, 0.2) is 61.2 Å². The van der Waals surface area contributed by atoms with Crippen molar-refractivity contribution in [3.05, 3.63) is 77.7 Å².